The molecule has 0 aromatic rings. The van der Waals surface area contributed by atoms with Gasteiger partial charge in [0, 0.05) is 6.42 Å². The Morgan fingerprint density at radius 1 is 1.23 bits per heavy atom. The van der Waals surface area contributed by atoms with E-state index in [0.29, 0.717) is 6.10 Å². The normalized spacial score (nSPS) is 25.1. The molecular weight excluding hydrogens is 286 g/mol. The molecule has 1 heterocycles. The molecular formula is C19H33NOSi. The fourth-order valence-corrected chi connectivity index (χ4v) is 3.64. The van der Waals surface area contributed by atoms with Crippen LogP contribution in [0.4, 0.5) is 0 Å². The number of nitriles is 1. The predicted octanol–water partition coefficient (Wildman–Crippen LogP) is 5.45. The summed E-state index contributed by atoms with van der Waals surface area (Å²) in [6, 6.07) is 2.48. The molecule has 0 aromatic heterocycles. The molecule has 0 radical (unpaired) electrons. The van der Waals surface area contributed by atoms with Crippen molar-refractivity contribution in [3.8, 4) is 17.5 Å². The molecule has 0 spiro atoms. The van der Waals surface area contributed by atoms with Gasteiger partial charge in [0.1, 0.15) is 8.07 Å². The molecule has 0 bridgehead atoms. The average Bonchev–Trinajstić information content (AvgIpc) is 2.46. The van der Waals surface area contributed by atoms with Crippen molar-refractivity contribution < 1.29 is 4.74 Å². The minimum Gasteiger partial charge on any atom is -0.357 e. The second kappa shape index (κ2) is 9.38. The predicted molar refractivity (Wildman–Crippen MR) is 96.2 cm³/mol. The van der Waals surface area contributed by atoms with E-state index in [-0.39, 0.29) is 0 Å². The van der Waals surface area contributed by atoms with Crippen LogP contribution in [0.3, 0.4) is 0 Å². The molecule has 0 saturated carbocycles. The first-order valence-corrected chi connectivity index (χ1v) is 12.5. The Hall–Kier alpha value is -0.773. The summed E-state index contributed by atoms with van der Waals surface area (Å²) in [5.41, 5.74) is 2.87. The van der Waals surface area contributed by atoms with Crippen LogP contribution >= 0.6 is 0 Å². The summed E-state index contributed by atoms with van der Waals surface area (Å²) in [5, 5.41) is 9.61. The first-order valence-electron chi connectivity index (χ1n) is 9.00. The maximum absolute atomic E-state index is 9.61. The van der Waals surface area contributed by atoms with Crippen LogP contribution in [-0.2, 0) is 4.74 Å². The van der Waals surface area contributed by atoms with Gasteiger partial charge >= 0.3 is 0 Å². The maximum Gasteiger partial charge on any atom is 0.154 e. The van der Waals surface area contributed by atoms with Gasteiger partial charge in [-0.25, -0.2) is 0 Å². The molecule has 0 aliphatic carbocycles. The van der Waals surface area contributed by atoms with Crippen molar-refractivity contribution in [1.82, 2.24) is 0 Å². The van der Waals surface area contributed by atoms with Crippen LogP contribution in [0.2, 0.25) is 19.6 Å². The standard InChI is InChI=1S/C19H33NOSi/c1-5-6-8-12-18-13-11-15-19(17-20,21-18)14-9-7-10-16-22(2,3)4/h18H,5-9,11-15H2,1-4H3/t18-,19+/m0/s1. The molecule has 0 unspecified atom stereocenters. The number of hydrogen-bond acceptors (Lipinski definition) is 2. The summed E-state index contributed by atoms with van der Waals surface area (Å²) in [6.45, 7) is 9.02. The van der Waals surface area contributed by atoms with Gasteiger partial charge in [-0.05, 0) is 38.5 Å². The van der Waals surface area contributed by atoms with Gasteiger partial charge in [-0.15, -0.1) is 11.5 Å². The van der Waals surface area contributed by atoms with E-state index in [1.165, 1.54) is 19.3 Å². The molecule has 22 heavy (non-hydrogen) atoms. The van der Waals surface area contributed by atoms with Crippen molar-refractivity contribution in [2.45, 2.75) is 102 Å². The van der Waals surface area contributed by atoms with Crippen molar-refractivity contribution in [3.05, 3.63) is 0 Å². The van der Waals surface area contributed by atoms with Gasteiger partial charge < -0.3 is 4.74 Å². The van der Waals surface area contributed by atoms with Crippen LogP contribution < -0.4 is 0 Å². The van der Waals surface area contributed by atoms with E-state index in [2.05, 4.69) is 44.1 Å². The maximum atomic E-state index is 9.61. The minimum absolute atomic E-state index is 0.299. The smallest absolute Gasteiger partial charge is 0.154 e. The van der Waals surface area contributed by atoms with E-state index in [4.69, 9.17) is 4.74 Å². The third-order valence-electron chi connectivity index (χ3n) is 4.18. The first kappa shape index (κ1) is 19.3. The topological polar surface area (TPSA) is 33.0 Å². The molecule has 1 aliphatic heterocycles. The van der Waals surface area contributed by atoms with Gasteiger partial charge in [-0.3, -0.25) is 0 Å². The second-order valence-electron chi connectivity index (χ2n) is 7.64. The molecule has 1 saturated heterocycles. The molecule has 0 amide bonds. The quantitative estimate of drug-likeness (QED) is 0.355. The lowest BCUT2D eigenvalue weighted by Gasteiger charge is -2.36. The van der Waals surface area contributed by atoms with Crippen LogP contribution in [0.15, 0.2) is 0 Å². The van der Waals surface area contributed by atoms with E-state index in [1.54, 1.807) is 0 Å². The van der Waals surface area contributed by atoms with Gasteiger partial charge in [-0.1, -0.05) is 45.8 Å². The molecule has 2 atom stereocenters. The zero-order valence-electron chi connectivity index (χ0n) is 15.0. The molecule has 2 nitrogen and oxygen atoms in total. The van der Waals surface area contributed by atoms with Crippen molar-refractivity contribution in [2.24, 2.45) is 0 Å². The van der Waals surface area contributed by atoms with Crippen molar-refractivity contribution in [2.75, 3.05) is 0 Å². The molecule has 1 aliphatic rings. The van der Waals surface area contributed by atoms with E-state index in [1.807, 2.05) is 0 Å². The Morgan fingerprint density at radius 2 is 2.00 bits per heavy atom. The van der Waals surface area contributed by atoms with E-state index in [0.717, 1.165) is 44.9 Å². The molecule has 0 aromatic carbocycles. The molecule has 1 rings (SSSR count). The molecule has 124 valence electrons. The van der Waals surface area contributed by atoms with Crippen LogP contribution in [-0.4, -0.2) is 19.8 Å². The monoisotopic (exact) mass is 319 g/mol. The van der Waals surface area contributed by atoms with E-state index < -0.39 is 13.7 Å². The highest BCUT2D eigenvalue weighted by molar-refractivity contribution is 6.83. The second-order valence-corrected chi connectivity index (χ2v) is 12.4. The lowest BCUT2D eigenvalue weighted by atomic mass is 9.87. The van der Waals surface area contributed by atoms with Crippen molar-refractivity contribution in [1.29, 1.82) is 5.26 Å². The molecule has 0 N–H and O–H groups in total. The minimum atomic E-state index is -1.26. The molecule has 3 heteroatoms. The highest BCUT2D eigenvalue weighted by Gasteiger charge is 2.36. The van der Waals surface area contributed by atoms with Crippen molar-refractivity contribution >= 4 is 8.07 Å². The lowest BCUT2D eigenvalue weighted by Crippen LogP contribution is -2.39. The Labute approximate surface area is 138 Å². The number of rotatable bonds is 7. The Bertz CT molecular complexity index is 423. The largest absolute Gasteiger partial charge is 0.357 e. The van der Waals surface area contributed by atoms with Gasteiger partial charge in [0.2, 0.25) is 0 Å². The third-order valence-corrected chi connectivity index (χ3v) is 5.10. The van der Waals surface area contributed by atoms with Gasteiger partial charge in [-0.2, -0.15) is 5.26 Å². The lowest BCUT2D eigenvalue weighted by molar-refractivity contribution is -0.102. The Balaban J connectivity index is 2.43. The third kappa shape index (κ3) is 7.48. The summed E-state index contributed by atoms with van der Waals surface area (Å²) >= 11 is 0. The van der Waals surface area contributed by atoms with E-state index in [9.17, 15) is 5.26 Å². The van der Waals surface area contributed by atoms with Gasteiger partial charge in [0.25, 0.3) is 0 Å². The summed E-state index contributed by atoms with van der Waals surface area (Å²) in [6.07, 6.45) is 11.0. The summed E-state index contributed by atoms with van der Waals surface area (Å²) in [7, 11) is -1.26. The Morgan fingerprint density at radius 3 is 2.64 bits per heavy atom. The SMILES string of the molecule is CCCCC[C@H]1CCC[C@@](C#N)(CCCC#C[Si](C)(C)C)O1. The first-order chi connectivity index (χ1) is 10.4. The van der Waals surface area contributed by atoms with Crippen LogP contribution in [0.25, 0.3) is 0 Å². The molecule has 1 fully saturated rings. The fourth-order valence-electron chi connectivity index (χ4n) is 2.99. The van der Waals surface area contributed by atoms with Gasteiger partial charge in [0.15, 0.2) is 5.60 Å². The highest BCUT2D eigenvalue weighted by atomic mass is 28.3. The fraction of sp³-hybridized carbons (Fsp3) is 0.842. The Kier molecular flexibility index (Phi) is 8.22. The number of hydrogen-bond donors (Lipinski definition) is 0. The summed E-state index contributed by atoms with van der Waals surface area (Å²) < 4.78 is 6.22. The van der Waals surface area contributed by atoms with Crippen LogP contribution in [0, 0.1) is 22.8 Å². The highest BCUT2D eigenvalue weighted by Crippen LogP contribution is 2.34. The van der Waals surface area contributed by atoms with Crippen LogP contribution in [0.1, 0.15) is 71.1 Å². The summed E-state index contributed by atoms with van der Waals surface area (Å²) in [5.74, 6) is 3.31. The zero-order chi connectivity index (χ0) is 16.5. The summed E-state index contributed by atoms with van der Waals surface area (Å²) in [4.78, 5) is 0. The number of nitrogens with zero attached hydrogens (tertiary/aromatic N) is 1. The van der Waals surface area contributed by atoms with Gasteiger partial charge in [0.05, 0.1) is 12.2 Å². The van der Waals surface area contributed by atoms with E-state index >= 15 is 0 Å². The number of unbranched alkanes of at least 4 members (excludes halogenated alkanes) is 3. The average molecular weight is 320 g/mol. The zero-order valence-corrected chi connectivity index (χ0v) is 16.0. The van der Waals surface area contributed by atoms with Crippen LogP contribution in [0.5, 0.6) is 0 Å². The number of ether oxygens (including phenoxy) is 1. The van der Waals surface area contributed by atoms with Crippen molar-refractivity contribution in [3.63, 3.8) is 0 Å².